The first kappa shape index (κ1) is 55.5. The molecule has 1 aromatic heterocycles. The molecule has 5 rings (SSSR count). The third-order valence-corrected chi connectivity index (χ3v) is 9.82. The van der Waals surface area contributed by atoms with E-state index in [1.54, 1.807) is 17.2 Å². The number of aromatic nitrogens is 3. The van der Waals surface area contributed by atoms with Gasteiger partial charge >= 0.3 is 0 Å². The lowest BCUT2D eigenvalue weighted by Gasteiger charge is -2.38. The summed E-state index contributed by atoms with van der Waals surface area (Å²) in [6.07, 6.45) is 19.8. The molecule has 2 aromatic rings. The Morgan fingerprint density at radius 2 is 1.69 bits per heavy atom. The van der Waals surface area contributed by atoms with Crippen LogP contribution < -0.4 is 9.80 Å². The lowest BCUT2D eigenvalue weighted by atomic mass is 9.86. The molecule has 62 heavy (non-hydrogen) atoms. The number of rotatable bonds is 19. The Morgan fingerprint density at radius 1 is 1.02 bits per heavy atom. The zero-order valence-corrected chi connectivity index (χ0v) is 40.1. The number of benzene rings is 1. The zero-order chi connectivity index (χ0) is 46.3. The van der Waals surface area contributed by atoms with Gasteiger partial charge in [-0.2, -0.15) is 10.2 Å². The van der Waals surface area contributed by atoms with Gasteiger partial charge < -0.3 is 24.2 Å². The van der Waals surface area contributed by atoms with Gasteiger partial charge in [-0.1, -0.05) is 93.5 Å². The third kappa shape index (κ3) is 18.4. The van der Waals surface area contributed by atoms with Crippen LogP contribution in [-0.2, 0) is 16.0 Å². The summed E-state index contributed by atoms with van der Waals surface area (Å²) in [5.74, 6) is 0.0314. The monoisotopic (exact) mass is 865 g/mol. The molecular weight excluding hydrogens is 783 g/mol. The minimum absolute atomic E-state index is 0.184. The van der Waals surface area contributed by atoms with Crippen molar-refractivity contribution in [2.45, 2.75) is 139 Å². The summed E-state index contributed by atoms with van der Waals surface area (Å²) in [6, 6.07) is 8.78. The average Bonchev–Trinajstić information content (AvgIpc) is 3.97. The molecule has 2 fully saturated rings. The molecule has 2 aliphatic heterocycles. The smallest absolute Gasteiger partial charge is 0.159 e. The highest BCUT2D eigenvalue weighted by molar-refractivity contribution is 5.79. The highest BCUT2D eigenvalue weighted by Gasteiger charge is 2.48. The maximum Gasteiger partial charge on any atom is 0.159 e. The van der Waals surface area contributed by atoms with Crippen molar-refractivity contribution >= 4 is 17.7 Å². The largest absolute Gasteiger partial charge is 0.368 e. The van der Waals surface area contributed by atoms with E-state index >= 15 is 4.39 Å². The van der Waals surface area contributed by atoms with Gasteiger partial charge in [0.05, 0.1) is 13.2 Å². The molecule has 0 radical (unpaired) electrons. The van der Waals surface area contributed by atoms with E-state index in [0.717, 1.165) is 70.6 Å². The maximum atomic E-state index is 15.1. The topological polar surface area (TPSA) is 74.5 Å². The summed E-state index contributed by atoms with van der Waals surface area (Å²) in [5.41, 5.74) is 2.98. The number of allylic oxidation sites excluding steroid dienone is 6. The van der Waals surface area contributed by atoms with Crippen LogP contribution in [0.15, 0.2) is 115 Å². The normalized spacial score (nSPS) is 19.9. The highest BCUT2D eigenvalue weighted by atomic mass is 19.1. The number of unbranched alkanes of at least 4 members (excludes halogenated alkanes) is 2. The van der Waals surface area contributed by atoms with Gasteiger partial charge in [0.15, 0.2) is 6.29 Å². The number of anilines is 2. The second kappa shape index (κ2) is 32.2. The van der Waals surface area contributed by atoms with Gasteiger partial charge in [0.25, 0.3) is 0 Å². The fraction of sp³-hybridized carbons (Fsp3) is 0.580. The molecule has 10 nitrogen and oxygen atoms in total. The number of hydrogen-bond acceptors (Lipinski definition) is 8. The first-order valence-electron chi connectivity index (χ1n) is 23.1. The molecule has 0 amide bonds. The quantitative estimate of drug-likeness (QED) is 0.0345. The minimum Gasteiger partial charge on any atom is -0.368 e. The van der Waals surface area contributed by atoms with Crippen molar-refractivity contribution in [1.29, 1.82) is 0 Å². The first-order valence-corrected chi connectivity index (χ1v) is 23.1. The molecule has 3 heterocycles. The molecule has 0 N–H and O–H groups in total. The maximum absolute atomic E-state index is 15.1. The molecule has 0 bridgehead atoms. The van der Waals surface area contributed by atoms with E-state index in [0.29, 0.717) is 17.9 Å². The fourth-order valence-corrected chi connectivity index (χ4v) is 7.03. The number of ether oxygens (including phenoxy) is 2. The second-order valence-electron chi connectivity index (χ2n) is 15.0. The van der Waals surface area contributed by atoms with E-state index in [2.05, 4.69) is 134 Å². The molecule has 348 valence electrons. The summed E-state index contributed by atoms with van der Waals surface area (Å²) in [4.78, 5) is 11.1. The molecule has 0 saturated carbocycles. The first-order chi connectivity index (χ1) is 30.1. The van der Waals surface area contributed by atoms with Crippen molar-refractivity contribution in [1.82, 2.24) is 24.7 Å². The number of piperazine rings is 1. The molecular formula is C50H82F2N8O2. The highest BCUT2D eigenvalue weighted by Crippen LogP contribution is 2.40. The Bertz CT molecular complexity index is 1620. The Balaban J connectivity index is 0.00000199. The van der Waals surface area contributed by atoms with Gasteiger partial charge in [0, 0.05) is 74.5 Å². The summed E-state index contributed by atoms with van der Waals surface area (Å²) in [7, 11) is 0. The van der Waals surface area contributed by atoms with E-state index in [1.807, 2.05) is 39.0 Å². The van der Waals surface area contributed by atoms with E-state index in [9.17, 15) is 4.39 Å². The molecule has 3 atom stereocenters. The van der Waals surface area contributed by atoms with E-state index in [1.165, 1.54) is 36.3 Å². The summed E-state index contributed by atoms with van der Waals surface area (Å²) < 4.78 is 42.9. The van der Waals surface area contributed by atoms with Crippen LogP contribution >= 0.6 is 0 Å². The van der Waals surface area contributed by atoms with Crippen molar-refractivity contribution in [3.05, 3.63) is 110 Å². The van der Waals surface area contributed by atoms with E-state index in [4.69, 9.17) is 9.47 Å². The predicted molar refractivity (Wildman–Crippen MR) is 260 cm³/mol. The van der Waals surface area contributed by atoms with Gasteiger partial charge in [-0.25, -0.2) is 18.4 Å². The van der Waals surface area contributed by atoms with Crippen LogP contribution in [0.1, 0.15) is 114 Å². The van der Waals surface area contributed by atoms with Crippen molar-refractivity contribution in [3.63, 3.8) is 0 Å². The average molecular weight is 865 g/mol. The molecule has 2 unspecified atom stereocenters. The fourth-order valence-electron chi connectivity index (χ4n) is 7.03. The van der Waals surface area contributed by atoms with Crippen LogP contribution in [0.5, 0.6) is 0 Å². The van der Waals surface area contributed by atoms with E-state index in [-0.39, 0.29) is 19.6 Å². The molecule has 3 aliphatic rings. The lowest BCUT2D eigenvalue weighted by Crippen LogP contribution is -2.45. The number of alkyl halides is 1. The van der Waals surface area contributed by atoms with Crippen LogP contribution in [0.4, 0.5) is 20.2 Å². The number of halogens is 2. The van der Waals surface area contributed by atoms with Crippen LogP contribution in [0.3, 0.4) is 0 Å². The molecule has 1 aromatic carbocycles. The van der Waals surface area contributed by atoms with Gasteiger partial charge in [-0.05, 0) is 81.4 Å². The van der Waals surface area contributed by atoms with Gasteiger partial charge in [0.2, 0.25) is 0 Å². The lowest BCUT2D eigenvalue weighted by molar-refractivity contribution is -0.0905. The molecule has 0 spiro atoms. The van der Waals surface area contributed by atoms with Crippen molar-refractivity contribution in [2.75, 3.05) is 55.7 Å². The van der Waals surface area contributed by atoms with Gasteiger partial charge in [0.1, 0.15) is 36.6 Å². The van der Waals surface area contributed by atoms with Crippen LogP contribution in [0, 0.1) is 5.92 Å². The van der Waals surface area contributed by atoms with E-state index < -0.39 is 23.9 Å². The molecule has 12 heteroatoms. The second-order valence-corrected chi connectivity index (χ2v) is 15.0. The Labute approximate surface area is 375 Å². The standard InChI is InChI=1S/C41H58F2N8O2.C3H8.2C2H6.C2H4/c1-6-13-35(48-22-24-49(25-23-48)37-19-17-36(18-20-37)47(7-2)32-46-50(8-3)27-33(4)5)14-11-9-10-12-15-40-52-29-41(53-40,28-51-31-44-30-45-51)38-21-16-34(42)26-39(38)43;1-3-2;3*1-2/h8,11,13-14,16-21,30-33,39-40H,3,6-7,9-10,12,15,22-29H2,1-2,4-5H3;3H2,1-2H3;2*1-2H3;1-2H2/b14-11-,35-13+,46-32-;;;;/t39?,40-,41?;;;;/m0..../s1. The minimum atomic E-state index is -1.47. The van der Waals surface area contributed by atoms with Crippen molar-refractivity contribution in [3.8, 4) is 0 Å². The SMILES string of the molecule is C=C.C=CN(CC(C)C)/N=C\N(CC)c1ccc(N2CCN(C(/C=C\CCCC[C@H]3OCC(Cn4cncn4)(C4=CC=C(F)CC4F)O3)=C/CC)CC2)cc1.CC.CC.CCC. The van der Waals surface area contributed by atoms with Gasteiger partial charge in [-0.15, -0.1) is 13.2 Å². The van der Waals surface area contributed by atoms with Crippen molar-refractivity contribution in [2.24, 2.45) is 11.0 Å². The van der Waals surface area contributed by atoms with Crippen LogP contribution in [-0.4, -0.2) is 94.9 Å². The Kier molecular flexibility index (Phi) is 28.8. The number of hydrogen-bond donors (Lipinski definition) is 0. The summed E-state index contributed by atoms with van der Waals surface area (Å²) in [5, 5.41) is 10.7. The van der Waals surface area contributed by atoms with Crippen molar-refractivity contribution < 1.29 is 18.3 Å². The van der Waals surface area contributed by atoms with Crippen LogP contribution in [0.25, 0.3) is 0 Å². The Hall–Kier alpha value is -4.55. The number of nitrogens with zero attached hydrogens (tertiary/aromatic N) is 8. The van der Waals surface area contributed by atoms with Gasteiger partial charge in [-0.3, -0.25) is 5.01 Å². The Morgan fingerprint density at radius 3 is 2.26 bits per heavy atom. The predicted octanol–water partition coefficient (Wildman–Crippen LogP) is 12.3. The third-order valence-electron chi connectivity index (χ3n) is 9.82. The summed E-state index contributed by atoms with van der Waals surface area (Å²) >= 11 is 0. The molecule has 2 saturated heterocycles. The van der Waals surface area contributed by atoms with Crippen LogP contribution in [0.2, 0.25) is 0 Å². The summed E-state index contributed by atoms with van der Waals surface area (Å²) in [6.45, 7) is 36.7. The number of hydrazone groups is 1. The molecule has 1 aliphatic carbocycles. The zero-order valence-electron chi connectivity index (χ0n) is 40.1.